The molecule has 1 aliphatic carbocycles. The van der Waals surface area contributed by atoms with Crippen LogP contribution in [0.1, 0.15) is 24.3 Å². The smallest absolute Gasteiger partial charge is 0.316 e. The van der Waals surface area contributed by atoms with E-state index in [9.17, 15) is 9.90 Å². The predicted molar refractivity (Wildman–Crippen MR) is 68.6 cm³/mol. The summed E-state index contributed by atoms with van der Waals surface area (Å²) in [4.78, 5) is 17.0. The Bertz CT molecular complexity index is 541. The van der Waals surface area contributed by atoms with Gasteiger partial charge >= 0.3 is 5.97 Å². The van der Waals surface area contributed by atoms with Gasteiger partial charge in [-0.3, -0.25) is 4.79 Å². The molecule has 0 radical (unpaired) electrons. The Kier molecular flexibility index (Phi) is 2.52. The molecule has 1 N–H and O–H groups in total. The van der Waals surface area contributed by atoms with Gasteiger partial charge in [-0.2, -0.15) is 0 Å². The fourth-order valence-corrected chi connectivity index (χ4v) is 3.91. The van der Waals surface area contributed by atoms with Crippen LogP contribution in [0, 0.1) is 0 Å². The largest absolute Gasteiger partial charge is 0.481 e. The maximum absolute atomic E-state index is 11.4. The summed E-state index contributed by atoms with van der Waals surface area (Å²) in [7, 11) is 0. The first kappa shape index (κ1) is 10.9. The second-order valence-corrected chi connectivity index (χ2v) is 6.06. The summed E-state index contributed by atoms with van der Waals surface area (Å²) in [5.41, 5.74) is 0.215. The number of hydrogen-bond acceptors (Lipinski definition) is 4. The van der Waals surface area contributed by atoms with Crippen LogP contribution in [-0.4, -0.2) is 16.1 Å². The van der Waals surface area contributed by atoms with E-state index < -0.39 is 11.4 Å². The van der Waals surface area contributed by atoms with Crippen LogP contribution >= 0.6 is 22.7 Å². The van der Waals surface area contributed by atoms with E-state index in [1.807, 2.05) is 22.9 Å². The Labute approximate surface area is 107 Å². The fraction of sp³-hybridized carbons (Fsp3) is 0.333. The van der Waals surface area contributed by atoms with E-state index in [-0.39, 0.29) is 0 Å². The number of aromatic nitrogens is 1. The second-order valence-electron chi connectivity index (χ2n) is 4.26. The van der Waals surface area contributed by atoms with Crippen molar-refractivity contribution in [3.8, 4) is 10.6 Å². The molecule has 1 saturated carbocycles. The van der Waals surface area contributed by atoms with Crippen molar-refractivity contribution in [2.75, 3.05) is 0 Å². The summed E-state index contributed by atoms with van der Waals surface area (Å²) in [6.45, 7) is 0. The Morgan fingerprint density at radius 2 is 2.24 bits per heavy atom. The van der Waals surface area contributed by atoms with Gasteiger partial charge in [-0.15, -0.1) is 22.7 Å². The van der Waals surface area contributed by atoms with Crippen LogP contribution < -0.4 is 0 Å². The zero-order valence-corrected chi connectivity index (χ0v) is 10.7. The highest BCUT2D eigenvalue weighted by Crippen LogP contribution is 2.46. The molecule has 0 unspecified atom stereocenters. The molecule has 3 rings (SSSR count). The lowest BCUT2D eigenvalue weighted by Gasteiger charge is -2.35. The van der Waals surface area contributed by atoms with Gasteiger partial charge in [-0.05, 0) is 24.3 Å². The van der Waals surface area contributed by atoms with E-state index in [4.69, 9.17) is 0 Å². The van der Waals surface area contributed by atoms with E-state index in [2.05, 4.69) is 4.98 Å². The van der Waals surface area contributed by atoms with E-state index >= 15 is 0 Å². The Hall–Kier alpha value is -1.20. The monoisotopic (exact) mass is 265 g/mol. The lowest BCUT2D eigenvalue weighted by atomic mass is 9.69. The molecule has 1 fully saturated rings. The Morgan fingerprint density at radius 3 is 2.76 bits per heavy atom. The molecule has 0 saturated heterocycles. The standard InChI is InChI=1S/C12H11NO2S2/c14-11(15)12(4-2-5-12)10-13-8(7-17-10)9-3-1-6-16-9/h1,3,6-7H,2,4-5H2,(H,14,15). The minimum absolute atomic E-state index is 0.694. The van der Waals surface area contributed by atoms with Crippen LogP contribution in [-0.2, 0) is 10.2 Å². The summed E-state index contributed by atoms with van der Waals surface area (Å²) >= 11 is 3.10. The molecule has 2 aromatic heterocycles. The summed E-state index contributed by atoms with van der Waals surface area (Å²) in [6, 6.07) is 3.99. The first-order valence-electron chi connectivity index (χ1n) is 5.46. The van der Waals surface area contributed by atoms with Gasteiger partial charge in [0.15, 0.2) is 0 Å². The molecule has 2 aromatic rings. The molecular formula is C12H11NO2S2. The molecule has 1 aliphatic rings. The second kappa shape index (κ2) is 3.92. The average molecular weight is 265 g/mol. The van der Waals surface area contributed by atoms with E-state index in [1.54, 1.807) is 11.3 Å². The number of thiophene rings is 1. The molecule has 0 atom stereocenters. The van der Waals surface area contributed by atoms with Gasteiger partial charge in [0.1, 0.15) is 10.4 Å². The molecule has 0 amide bonds. The SMILES string of the molecule is O=C(O)C1(c2nc(-c3cccs3)cs2)CCC1. The lowest BCUT2D eigenvalue weighted by Crippen LogP contribution is -2.42. The minimum Gasteiger partial charge on any atom is -0.481 e. The maximum atomic E-state index is 11.4. The van der Waals surface area contributed by atoms with Gasteiger partial charge in [-0.1, -0.05) is 12.5 Å². The summed E-state index contributed by atoms with van der Waals surface area (Å²) in [6.07, 6.45) is 2.43. The third kappa shape index (κ3) is 1.61. The summed E-state index contributed by atoms with van der Waals surface area (Å²) in [5.74, 6) is -0.726. The highest BCUT2D eigenvalue weighted by atomic mass is 32.1. The minimum atomic E-state index is -0.726. The van der Waals surface area contributed by atoms with Crippen molar-refractivity contribution in [1.82, 2.24) is 4.98 Å². The Morgan fingerprint density at radius 1 is 1.41 bits per heavy atom. The fourth-order valence-electron chi connectivity index (χ4n) is 2.08. The number of rotatable bonds is 3. The molecule has 2 heterocycles. The molecule has 88 valence electrons. The normalized spacial score (nSPS) is 17.6. The third-order valence-electron chi connectivity index (χ3n) is 3.30. The summed E-state index contributed by atoms with van der Waals surface area (Å²) in [5, 5.41) is 14.1. The van der Waals surface area contributed by atoms with Gasteiger partial charge < -0.3 is 5.11 Å². The van der Waals surface area contributed by atoms with E-state index in [0.717, 1.165) is 34.8 Å². The molecular weight excluding hydrogens is 254 g/mol. The van der Waals surface area contributed by atoms with Crippen molar-refractivity contribution in [1.29, 1.82) is 0 Å². The number of aliphatic carboxylic acids is 1. The van der Waals surface area contributed by atoms with Gasteiger partial charge in [0.05, 0.1) is 10.6 Å². The van der Waals surface area contributed by atoms with Gasteiger partial charge in [0.25, 0.3) is 0 Å². The van der Waals surface area contributed by atoms with Crippen LogP contribution in [0.25, 0.3) is 10.6 Å². The van der Waals surface area contributed by atoms with Crippen molar-refractivity contribution in [2.45, 2.75) is 24.7 Å². The third-order valence-corrected chi connectivity index (χ3v) is 5.24. The average Bonchev–Trinajstić information content (AvgIpc) is 2.83. The number of carboxylic acid groups (broad SMARTS) is 1. The van der Waals surface area contributed by atoms with Crippen LogP contribution in [0.5, 0.6) is 0 Å². The number of nitrogens with zero attached hydrogens (tertiary/aromatic N) is 1. The zero-order chi connectivity index (χ0) is 11.9. The molecule has 0 aromatic carbocycles. The van der Waals surface area contributed by atoms with Crippen LogP contribution in [0.15, 0.2) is 22.9 Å². The molecule has 17 heavy (non-hydrogen) atoms. The van der Waals surface area contributed by atoms with Gasteiger partial charge in [-0.25, -0.2) is 4.98 Å². The zero-order valence-electron chi connectivity index (χ0n) is 9.05. The topological polar surface area (TPSA) is 50.2 Å². The van der Waals surface area contributed by atoms with Crippen molar-refractivity contribution >= 4 is 28.6 Å². The Balaban J connectivity index is 1.98. The molecule has 0 bridgehead atoms. The van der Waals surface area contributed by atoms with Crippen molar-refractivity contribution in [2.24, 2.45) is 0 Å². The van der Waals surface area contributed by atoms with E-state index in [0.29, 0.717) is 0 Å². The number of thiazole rings is 1. The molecule has 0 spiro atoms. The highest BCUT2D eigenvalue weighted by Gasteiger charge is 2.48. The number of carbonyl (C=O) groups is 1. The van der Waals surface area contributed by atoms with E-state index in [1.165, 1.54) is 11.3 Å². The first-order chi connectivity index (χ1) is 8.22. The van der Waals surface area contributed by atoms with Crippen molar-refractivity contribution in [3.05, 3.63) is 27.9 Å². The molecule has 0 aliphatic heterocycles. The lowest BCUT2D eigenvalue weighted by molar-refractivity contribution is -0.147. The van der Waals surface area contributed by atoms with Crippen LogP contribution in [0.2, 0.25) is 0 Å². The van der Waals surface area contributed by atoms with Gasteiger partial charge in [0, 0.05) is 5.38 Å². The molecule has 3 nitrogen and oxygen atoms in total. The van der Waals surface area contributed by atoms with Crippen molar-refractivity contribution in [3.63, 3.8) is 0 Å². The molecule has 5 heteroatoms. The van der Waals surface area contributed by atoms with Crippen LogP contribution in [0.3, 0.4) is 0 Å². The number of hydrogen-bond donors (Lipinski definition) is 1. The van der Waals surface area contributed by atoms with Crippen molar-refractivity contribution < 1.29 is 9.90 Å². The quantitative estimate of drug-likeness (QED) is 0.925. The van der Waals surface area contributed by atoms with Crippen LogP contribution in [0.4, 0.5) is 0 Å². The maximum Gasteiger partial charge on any atom is 0.316 e. The highest BCUT2D eigenvalue weighted by molar-refractivity contribution is 7.14. The predicted octanol–water partition coefficient (Wildman–Crippen LogP) is 3.38. The summed E-state index contributed by atoms with van der Waals surface area (Å²) < 4.78 is 0. The van der Waals surface area contributed by atoms with Gasteiger partial charge in [0.2, 0.25) is 0 Å². The number of carboxylic acids is 1. The first-order valence-corrected chi connectivity index (χ1v) is 7.22.